The third-order valence-electron chi connectivity index (χ3n) is 6.63. The molecule has 3 aliphatic rings. The minimum atomic E-state index is 0.0252. The van der Waals surface area contributed by atoms with E-state index in [0.29, 0.717) is 37.5 Å². The molecule has 1 aromatic carbocycles. The van der Waals surface area contributed by atoms with Gasteiger partial charge in [0.15, 0.2) is 5.78 Å². The standard InChI is InChI=1S/C22H30N2O3/c1-27-20-6-2-16(3-7-20)22(26)17-8-10-24(11-9-17)21(25)14-15-12-18-4-5-19(13-15)23-18/h2-3,6-7,15,17-19,23H,4-5,8-14H2,1H3. The number of methoxy groups -OCH3 is 1. The van der Waals surface area contributed by atoms with E-state index in [1.165, 1.54) is 12.8 Å². The average Bonchev–Trinajstić information content (AvgIpc) is 3.05. The predicted octanol–water partition coefficient (Wildman–Crippen LogP) is 3.04. The van der Waals surface area contributed by atoms with E-state index in [4.69, 9.17) is 4.74 Å². The molecule has 0 aliphatic carbocycles. The van der Waals surface area contributed by atoms with Gasteiger partial charge in [0.25, 0.3) is 0 Å². The Balaban J connectivity index is 1.26. The van der Waals surface area contributed by atoms with E-state index in [2.05, 4.69) is 5.32 Å². The molecule has 3 saturated heterocycles. The van der Waals surface area contributed by atoms with E-state index in [9.17, 15) is 9.59 Å². The van der Waals surface area contributed by atoms with E-state index < -0.39 is 0 Å². The van der Waals surface area contributed by atoms with Gasteiger partial charge in [-0.1, -0.05) is 0 Å². The number of Topliss-reactive ketones (excluding diaryl/α,β-unsaturated/α-hetero) is 1. The average molecular weight is 370 g/mol. The van der Waals surface area contributed by atoms with Gasteiger partial charge in [0.1, 0.15) is 5.75 Å². The van der Waals surface area contributed by atoms with Crippen molar-refractivity contribution in [3.05, 3.63) is 29.8 Å². The number of likely N-dealkylation sites (tertiary alicyclic amines) is 1. The SMILES string of the molecule is COc1ccc(C(=O)C2CCN(C(=O)CC3CC4CCC(C3)N4)CC2)cc1. The first kappa shape index (κ1) is 18.5. The number of fused-ring (bicyclic) bond motifs is 2. The minimum absolute atomic E-state index is 0.0252. The van der Waals surface area contributed by atoms with Crippen molar-refractivity contribution in [1.29, 1.82) is 0 Å². The van der Waals surface area contributed by atoms with Crippen molar-refractivity contribution in [2.45, 2.75) is 57.0 Å². The summed E-state index contributed by atoms with van der Waals surface area (Å²) < 4.78 is 5.15. The Morgan fingerprint density at radius 2 is 1.67 bits per heavy atom. The lowest BCUT2D eigenvalue weighted by molar-refractivity contribution is -0.133. The fraction of sp³-hybridized carbons (Fsp3) is 0.636. The molecule has 2 unspecified atom stereocenters. The molecule has 1 N–H and O–H groups in total. The Kier molecular flexibility index (Phi) is 5.48. The molecule has 2 atom stereocenters. The number of ether oxygens (including phenoxy) is 1. The number of amides is 1. The Labute approximate surface area is 161 Å². The fourth-order valence-corrected chi connectivity index (χ4v) is 5.10. The zero-order chi connectivity index (χ0) is 18.8. The summed E-state index contributed by atoms with van der Waals surface area (Å²) in [6.07, 6.45) is 7.07. The fourth-order valence-electron chi connectivity index (χ4n) is 5.10. The van der Waals surface area contributed by atoms with Crippen molar-refractivity contribution in [2.24, 2.45) is 11.8 Å². The molecule has 3 heterocycles. The summed E-state index contributed by atoms with van der Waals surface area (Å²) in [6.45, 7) is 1.42. The lowest BCUT2D eigenvalue weighted by Gasteiger charge is -2.34. The molecule has 0 saturated carbocycles. The number of hydrogen-bond acceptors (Lipinski definition) is 4. The largest absolute Gasteiger partial charge is 0.497 e. The van der Waals surface area contributed by atoms with Gasteiger partial charge in [-0.15, -0.1) is 0 Å². The molecule has 27 heavy (non-hydrogen) atoms. The van der Waals surface area contributed by atoms with E-state index in [-0.39, 0.29) is 17.6 Å². The summed E-state index contributed by atoms with van der Waals surface area (Å²) in [4.78, 5) is 27.4. The van der Waals surface area contributed by atoms with Gasteiger partial charge in [0.05, 0.1) is 7.11 Å². The summed E-state index contributed by atoms with van der Waals surface area (Å²) in [6, 6.07) is 8.61. The minimum Gasteiger partial charge on any atom is -0.497 e. The molecule has 2 bridgehead atoms. The molecule has 3 fully saturated rings. The quantitative estimate of drug-likeness (QED) is 0.810. The van der Waals surface area contributed by atoms with Crippen LogP contribution in [0.2, 0.25) is 0 Å². The van der Waals surface area contributed by atoms with Gasteiger partial charge < -0.3 is 15.0 Å². The van der Waals surface area contributed by atoms with E-state index in [1.807, 2.05) is 29.2 Å². The van der Waals surface area contributed by atoms with Crippen LogP contribution in [-0.4, -0.2) is 48.9 Å². The number of rotatable bonds is 5. The summed E-state index contributed by atoms with van der Waals surface area (Å²) in [5, 5.41) is 3.64. The van der Waals surface area contributed by atoms with Crippen LogP contribution in [0.4, 0.5) is 0 Å². The van der Waals surface area contributed by atoms with Crippen molar-refractivity contribution < 1.29 is 14.3 Å². The molecule has 0 aromatic heterocycles. The van der Waals surface area contributed by atoms with Gasteiger partial charge in [-0.3, -0.25) is 9.59 Å². The van der Waals surface area contributed by atoms with Crippen LogP contribution in [0, 0.1) is 11.8 Å². The first-order chi connectivity index (χ1) is 13.1. The number of carbonyl (C=O) groups excluding carboxylic acids is 2. The Morgan fingerprint density at radius 1 is 1.04 bits per heavy atom. The number of benzene rings is 1. The summed E-state index contributed by atoms with van der Waals surface area (Å²) in [7, 11) is 1.62. The molecule has 4 rings (SSSR count). The van der Waals surface area contributed by atoms with Crippen LogP contribution in [0.15, 0.2) is 24.3 Å². The number of nitrogens with zero attached hydrogens (tertiary/aromatic N) is 1. The number of carbonyl (C=O) groups is 2. The summed E-state index contributed by atoms with van der Waals surface area (Å²) in [5.74, 6) is 1.81. The normalized spacial score (nSPS) is 28.2. The van der Waals surface area contributed by atoms with Crippen LogP contribution in [0.5, 0.6) is 5.75 Å². The van der Waals surface area contributed by atoms with Gasteiger partial charge in [0, 0.05) is 43.1 Å². The van der Waals surface area contributed by atoms with Crippen molar-refractivity contribution in [3.63, 3.8) is 0 Å². The maximum absolute atomic E-state index is 12.7. The maximum Gasteiger partial charge on any atom is 0.222 e. The second kappa shape index (κ2) is 8.01. The highest BCUT2D eigenvalue weighted by Crippen LogP contribution is 2.33. The van der Waals surface area contributed by atoms with Crippen molar-refractivity contribution in [2.75, 3.05) is 20.2 Å². The number of ketones is 1. The second-order valence-corrected chi connectivity index (χ2v) is 8.43. The molecule has 146 valence electrons. The van der Waals surface area contributed by atoms with E-state index in [0.717, 1.165) is 37.0 Å². The Morgan fingerprint density at radius 3 is 2.26 bits per heavy atom. The molecule has 1 amide bonds. The van der Waals surface area contributed by atoms with Crippen molar-refractivity contribution >= 4 is 11.7 Å². The van der Waals surface area contributed by atoms with E-state index in [1.54, 1.807) is 7.11 Å². The molecule has 5 nitrogen and oxygen atoms in total. The van der Waals surface area contributed by atoms with Gasteiger partial charge >= 0.3 is 0 Å². The van der Waals surface area contributed by atoms with Crippen molar-refractivity contribution in [1.82, 2.24) is 10.2 Å². The van der Waals surface area contributed by atoms with Gasteiger partial charge in [-0.05, 0) is 68.7 Å². The highest BCUT2D eigenvalue weighted by molar-refractivity contribution is 5.98. The zero-order valence-electron chi connectivity index (χ0n) is 16.2. The topological polar surface area (TPSA) is 58.6 Å². The van der Waals surface area contributed by atoms with Gasteiger partial charge in [-0.25, -0.2) is 0 Å². The first-order valence-electron chi connectivity index (χ1n) is 10.3. The zero-order valence-corrected chi connectivity index (χ0v) is 16.2. The molecule has 0 spiro atoms. The van der Waals surface area contributed by atoms with Crippen molar-refractivity contribution in [3.8, 4) is 5.75 Å². The number of hydrogen-bond donors (Lipinski definition) is 1. The smallest absolute Gasteiger partial charge is 0.222 e. The van der Waals surface area contributed by atoms with Crippen LogP contribution in [-0.2, 0) is 4.79 Å². The lowest BCUT2D eigenvalue weighted by Crippen LogP contribution is -2.43. The molecule has 5 heteroatoms. The van der Waals surface area contributed by atoms with Crippen LogP contribution < -0.4 is 10.1 Å². The highest BCUT2D eigenvalue weighted by atomic mass is 16.5. The first-order valence-corrected chi connectivity index (χ1v) is 10.3. The number of piperidine rings is 2. The van der Waals surface area contributed by atoms with E-state index >= 15 is 0 Å². The highest BCUT2D eigenvalue weighted by Gasteiger charge is 2.35. The third kappa shape index (κ3) is 4.18. The van der Waals surface area contributed by atoms with Crippen LogP contribution in [0.25, 0.3) is 0 Å². The predicted molar refractivity (Wildman–Crippen MR) is 104 cm³/mol. The Hall–Kier alpha value is -1.88. The third-order valence-corrected chi connectivity index (χ3v) is 6.63. The maximum atomic E-state index is 12.7. The summed E-state index contributed by atoms with van der Waals surface area (Å²) in [5.41, 5.74) is 0.741. The molecule has 0 radical (unpaired) electrons. The molecule has 3 aliphatic heterocycles. The summed E-state index contributed by atoms with van der Waals surface area (Å²) >= 11 is 0. The van der Waals surface area contributed by atoms with Gasteiger partial charge in [0.2, 0.25) is 5.91 Å². The molecular weight excluding hydrogens is 340 g/mol. The Bertz CT molecular complexity index is 667. The number of nitrogens with one attached hydrogen (secondary N) is 1. The van der Waals surface area contributed by atoms with Gasteiger partial charge in [-0.2, -0.15) is 0 Å². The molecule has 1 aromatic rings. The van der Waals surface area contributed by atoms with Crippen LogP contribution in [0.3, 0.4) is 0 Å². The van der Waals surface area contributed by atoms with Crippen LogP contribution >= 0.6 is 0 Å². The van der Waals surface area contributed by atoms with Crippen LogP contribution in [0.1, 0.15) is 55.3 Å². The molecular formula is C22H30N2O3. The second-order valence-electron chi connectivity index (χ2n) is 8.43. The monoisotopic (exact) mass is 370 g/mol. The lowest BCUT2D eigenvalue weighted by atomic mass is 9.87.